The van der Waals surface area contributed by atoms with Gasteiger partial charge >= 0.3 is 0 Å². The van der Waals surface area contributed by atoms with Crippen LogP contribution in [0.1, 0.15) is 17.0 Å². The van der Waals surface area contributed by atoms with Gasteiger partial charge in [0.2, 0.25) is 0 Å². The molecule has 5 nitrogen and oxygen atoms in total. The van der Waals surface area contributed by atoms with Crippen LogP contribution in [0.15, 0.2) is 24.3 Å². The van der Waals surface area contributed by atoms with E-state index in [1.807, 2.05) is 6.07 Å². The van der Waals surface area contributed by atoms with Gasteiger partial charge in [-0.05, 0) is 17.7 Å². The van der Waals surface area contributed by atoms with E-state index in [4.69, 9.17) is 10.00 Å². The van der Waals surface area contributed by atoms with Crippen molar-refractivity contribution >= 4 is 0 Å². The Morgan fingerprint density at radius 2 is 2.11 bits per heavy atom. The van der Waals surface area contributed by atoms with Crippen LogP contribution in [-0.2, 0) is 17.9 Å². The molecule has 0 aliphatic heterocycles. The molecule has 2 aromatic rings. The van der Waals surface area contributed by atoms with Crippen LogP contribution in [0.4, 0.5) is 4.39 Å². The number of hydrogen-bond acceptors (Lipinski definition) is 4. The number of benzene rings is 1. The third kappa shape index (κ3) is 2.52. The number of nitriles is 1. The van der Waals surface area contributed by atoms with E-state index in [-0.39, 0.29) is 18.1 Å². The van der Waals surface area contributed by atoms with Crippen molar-refractivity contribution in [2.45, 2.75) is 13.2 Å². The first-order valence-electron chi connectivity index (χ1n) is 5.30. The van der Waals surface area contributed by atoms with Crippen LogP contribution in [0.3, 0.4) is 0 Å². The van der Waals surface area contributed by atoms with E-state index in [2.05, 4.69) is 10.3 Å². The number of nitrogens with zero attached hydrogens (tertiary/aromatic N) is 4. The van der Waals surface area contributed by atoms with Crippen LogP contribution < -0.4 is 0 Å². The smallest absolute Gasteiger partial charge is 0.188 e. The molecule has 0 atom stereocenters. The van der Waals surface area contributed by atoms with E-state index >= 15 is 0 Å². The quantitative estimate of drug-likeness (QED) is 0.819. The van der Waals surface area contributed by atoms with Gasteiger partial charge in [0.25, 0.3) is 0 Å². The van der Waals surface area contributed by atoms with Crippen molar-refractivity contribution in [3.05, 3.63) is 47.0 Å². The van der Waals surface area contributed by atoms with Crippen molar-refractivity contribution in [3.63, 3.8) is 0 Å². The lowest BCUT2D eigenvalue weighted by atomic mass is 10.2. The van der Waals surface area contributed by atoms with Gasteiger partial charge in [-0.15, -0.1) is 5.10 Å². The summed E-state index contributed by atoms with van der Waals surface area (Å²) in [7, 11) is 1.54. The Morgan fingerprint density at radius 1 is 1.39 bits per heavy atom. The summed E-state index contributed by atoms with van der Waals surface area (Å²) in [6, 6.07) is 8.06. The summed E-state index contributed by atoms with van der Waals surface area (Å²) in [5, 5.41) is 16.5. The standard InChI is InChI=1S/C12H11FN4O/c1-18-8-12-11(6-14)15-16-17(12)7-9-2-4-10(13)5-3-9/h2-5H,7-8H2,1H3. The van der Waals surface area contributed by atoms with Gasteiger partial charge in [0.15, 0.2) is 5.69 Å². The first kappa shape index (κ1) is 12.2. The number of methoxy groups -OCH3 is 1. The zero-order valence-electron chi connectivity index (χ0n) is 9.80. The molecule has 18 heavy (non-hydrogen) atoms. The highest BCUT2D eigenvalue weighted by atomic mass is 19.1. The molecule has 1 aromatic heterocycles. The maximum Gasteiger partial charge on any atom is 0.188 e. The Balaban J connectivity index is 2.26. The van der Waals surface area contributed by atoms with E-state index < -0.39 is 0 Å². The molecule has 0 fully saturated rings. The van der Waals surface area contributed by atoms with E-state index in [9.17, 15) is 4.39 Å². The summed E-state index contributed by atoms with van der Waals surface area (Å²) in [4.78, 5) is 0. The van der Waals surface area contributed by atoms with Crippen molar-refractivity contribution < 1.29 is 9.13 Å². The Kier molecular flexibility index (Phi) is 3.65. The van der Waals surface area contributed by atoms with Gasteiger partial charge in [0.1, 0.15) is 17.6 Å². The average Bonchev–Trinajstić information content (AvgIpc) is 2.75. The molecule has 0 spiro atoms. The predicted octanol–water partition coefficient (Wildman–Crippen LogP) is 1.48. The molecule has 0 aliphatic carbocycles. The Hall–Kier alpha value is -2.26. The summed E-state index contributed by atoms with van der Waals surface area (Å²) >= 11 is 0. The minimum atomic E-state index is -0.285. The second-order valence-electron chi connectivity index (χ2n) is 3.71. The number of halogens is 1. The summed E-state index contributed by atoms with van der Waals surface area (Å²) < 4.78 is 19.4. The number of rotatable bonds is 4. The number of hydrogen-bond donors (Lipinski definition) is 0. The highest BCUT2D eigenvalue weighted by Gasteiger charge is 2.12. The van der Waals surface area contributed by atoms with Gasteiger partial charge in [0.05, 0.1) is 13.2 Å². The lowest BCUT2D eigenvalue weighted by Crippen LogP contribution is -2.08. The predicted molar refractivity (Wildman–Crippen MR) is 61.0 cm³/mol. The van der Waals surface area contributed by atoms with Gasteiger partial charge < -0.3 is 4.74 Å². The summed E-state index contributed by atoms with van der Waals surface area (Å²) in [6.45, 7) is 0.685. The summed E-state index contributed by atoms with van der Waals surface area (Å²) in [6.07, 6.45) is 0. The lowest BCUT2D eigenvalue weighted by Gasteiger charge is -2.05. The van der Waals surface area contributed by atoms with E-state index in [0.717, 1.165) is 5.56 Å². The molecule has 0 saturated heterocycles. The Morgan fingerprint density at radius 3 is 2.72 bits per heavy atom. The third-order valence-corrected chi connectivity index (χ3v) is 2.47. The SMILES string of the molecule is COCc1c(C#N)nnn1Cc1ccc(F)cc1. The van der Waals surface area contributed by atoms with Crippen LogP contribution in [0.25, 0.3) is 0 Å². The second-order valence-corrected chi connectivity index (χ2v) is 3.71. The summed E-state index contributed by atoms with van der Waals surface area (Å²) in [5.74, 6) is -0.285. The van der Waals surface area contributed by atoms with Crippen molar-refractivity contribution in [1.82, 2.24) is 15.0 Å². The van der Waals surface area contributed by atoms with Gasteiger partial charge in [-0.2, -0.15) is 5.26 Å². The average molecular weight is 246 g/mol. The van der Waals surface area contributed by atoms with E-state index in [1.165, 1.54) is 19.2 Å². The van der Waals surface area contributed by atoms with Gasteiger partial charge in [-0.1, -0.05) is 17.3 Å². The van der Waals surface area contributed by atoms with Crippen molar-refractivity contribution in [2.24, 2.45) is 0 Å². The molecule has 0 radical (unpaired) electrons. The number of aromatic nitrogens is 3. The number of ether oxygens (including phenoxy) is 1. The first-order chi connectivity index (χ1) is 8.74. The van der Waals surface area contributed by atoms with Crippen molar-refractivity contribution in [2.75, 3.05) is 7.11 Å². The van der Waals surface area contributed by atoms with Crippen LogP contribution in [-0.4, -0.2) is 22.1 Å². The van der Waals surface area contributed by atoms with Crippen molar-refractivity contribution in [1.29, 1.82) is 5.26 Å². The van der Waals surface area contributed by atoms with Gasteiger partial charge in [0, 0.05) is 7.11 Å². The Bertz CT molecular complexity index is 571. The largest absolute Gasteiger partial charge is 0.378 e. The second kappa shape index (κ2) is 5.38. The van der Waals surface area contributed by atoms with E-state index in [0.29, 0.717) is 12.2 Å². The Labute approximate surface area is 103 Å². The van der Waals surface area contributed by atoms with Crippen LogP contribution in [0, 0.1) is 17.1 Å². The topological polar surface area (TPSA) is 63.7 Å². The molecular weight excluding hydrogens is 235 g/mol. The minimum absolute atomic E-state index is 0.249. The normalized spacial score (nSPS) is 10.3. The van der Waals surface area contributed by atoms with Gasteiger partial charge in [-0.3, -0.25) is 0 Å². The molecule has 92 valence electrons. The van der Waals surface area contributed by atoms with Gasteiger partial charge in [-0.25, -0.2) is 9.07 Å². The maximum atomic E-state index is 12.8. The molecular formula is C12H11FN4O. The lowest BCUT2D eigenvalue weighted by molar-refractivity contribution is 0.177. The molecule has 0 saturated carbocycles. The fourth-order valence-electron chi connectivity index (χ4n) is 1.59. The molecule has 1 aromatic carbocycles. The van der Waals surface area contributed by atoms with Crippen molar-refractivity contribution in [3.8, 4) is 6.07 Å². The monoisotopic (exact) mass is 246 g/mol. The third-order valence-electron chi connectivity index (χ3n) is 2.47. The summed E-state index contributed by atoms with van der Waals surface area (Å²) in [5.41, 5.74) is 1.74. The molecule has 0 N–H and O–H groups in total. The molecule has 0 unspecified atom stereocenters. The minimum Gasteiger partial charge on any atom is -0.378 e. The highest BCUT2D eigenvalue weighted by molar-refractivity contribution is 5.25. The molecule has 2 rings (SSSR count). The molecule has 0 amide bonds. The molecule has 0 bridgehead atoms. The fraction of sp³-hybridized carbons (Fsp3) is 0.250. The highest BCUT2D eigenvalue weighted by Crippen LogP contribution is 2.10. The fourth-order valence-corrected chi connectivity index (χ4v) is 1.59. The maximum absolute atomic E-state index is 12.8. The van der Waals surface area contributed by atoms with Crippen LogP contribution in [0.2, 0.25) is 0 Å². The zero-order valence-corrected chi connectivity index (χ0v) is 9.80. The molecule has 1 heterocycles. The van der Waals surface area contributed by atoms with Crippen LogP contribution >= 0.6 is 0 Å². The molecule has 6 heteroatoms. The zero-order chi connectivity index (χ0) is 13.0. The molecule has 0 aliphatic rings. The van der Waals surface area contributed by atoms with E-state index in [1.54, 1.807) is 16.8 Å². The van der Waals surface area contributed by atoms with Crippen LogP contribution in [0.5, 0.6) is 0 Å². The first-order valence-corrected chi connectivity index (χ1v) is 5.30.